The van der Waals surface area contributed by atoms with Crippen LogP contribution in [-0.4, -0.2) is 21.8 Å². The van der Waals surface area contributed by atoms with Gasteiger partial charge in [-0.2, -0.15) is 0 Å². The molecule has 0 aliphatic carbocycles. The van der Waals surface area contributed by atoms with Crippen LogP contribution < -0.4 is 4.74 Å². The van der Waals surface area contributed by atoms with Crippen molar-refractivity contribution in [3.8, 4) is 5.75 Å². The minimum absolute atomic E-state index is 0.0746. The van der Waals surface area contributed by atoms with Crippen molar-refractivity contribution < 1.29 is 9.53 Å². The van der Waals surface area contributed by atoms with Crippen molar-refractivity contribution in [3.63, 3.8) is 0 Å². The summed E-state index contributed by atoms with van der Waals surface area (Å²) in [7, 11) is 0. The number of carbonyl (C=O) groups excluding carboxylic acids is 1. The molecule has 2 heterocycles. The first-order valence-electron chi connectivity index (χ1n) is 9.46. The maximum Gasteiger partial charge on any atom is 0.264 e. The van der Waals surface area contributed by atoms with Crippen LogP contribution in [0.4, 0.5) is 0 Å². The van der Waals surface area contributed by atoms with Gasteiger partial charge in [0.25, 0.3) is 5.91 Å². The van der Waals surface area contributed by atoms with E-state index in [2.05, 4.69) is 33.8 Å². The lowest BCUT2D eigenvalue weighted by Crippen LogP contribution is -2.37. The molecule has 1 amide bonds. The second-order valence-electron chi connectivity index (χ2n) is 6.89. The molecule has 3 rings (SSSR count). The van der Waals surface area contributed by atoms with Crippen molar-refractivity contribution >= 4 is 28.6 Å². The zero-order valence-corrected chi connectivity index (χ0v) is 18.4. The van der Waals surface area contributed by atoms with E-state index in [4.69, 9.17) is 9.72 Å². The minimum Gasteiger partial charge on any atom is -0.486 e. The summed E-state index contributed by atoms with van der Waals surface area (Å²) in [5, 5.41) is 4.88. The summed E-state index contributed by atoms with van der Waals surface area (Å²) in [6.07, 6.45) is 0.907. The molecule has 0 fully saturated rings. The molecule has 6 heteroatoms. The summed E-state index contributed by atoms with van der Waals surface area (Å²) < 4.78 is 5.97. The number of ether oxygens (including phenoxy) is 1. The number of aromatic nitrogens is 1. The first kappa shape index (κ1) is 20.6. The highest BCUT2D eigenvalue weighted by Crippen LogP contribution is 2.23. The lowest BCUT2D eigenvalue weighted by Gasteiger charge is -2.27. The largest absolute Gasteiger partial charge is 0.486 e. The fourth-order valence-corrected chi connectivity index (χ4v) is 4.25. The van der Waals surface area contributed by atoms with E-state index in [0.717, 1.165) is 33.3 Å². The second kappa shape index (κ2) is 9.34. The van der Waals surface area contributed by atoms with Gasteiger partial charge in [-0.05, 0) is 55.8 Å². The fourth-order valence-electron chi connectivity index (χ4n) is 2.87. The lowest BCUT2D eigenvalue weighted by molar-refractivity contribution is 0.0674. The van der Waals surface area contributed by atoms with E-state index in [1.165, 1.54) is 16.9 Å². The van der Waals surface area contributed by atoms with Crippen LogP contribution in [0.2, 0.25) is 0 Å². The number of benzene rings is 1. The molecule has 0 saturated carbocycles. The van der Waals surface area contributed by atoms with E-state index >= 15 is 0 Å². The SMILES string of the molecule is CC[C@H](C)N(Cc1csc(COc2cccc(C)c2C)n1)C(=O)c1cccs1. The molecular weight excluding hydrogens is 388 g/mol. The van der Waals surface area contributed by atoms with Crippen LogP contribution >= 0.6 is 22.7 Å². The Morgan fingerprint density at radius 1 is 1.21 bits per heavy atom. The molecule has 4 nitrogen and oxygen atoms in total. The van der Waals surface area contributed by atoms with Crippen molar-refractivity contribution in [1.29, 1.82) is 0 Å². The number of thiazole rings is 1. The van der Waals surface area contributed by atoms with Gasteiger partial charge in [0.1, 0.15) is 17.4 Å². The third-order valence-corrected chi connectivity index (χ3v) is 6.68. The monoisotopic (exact) mass is 414 g/mol. The Morgan fingerprint density at radius 3 is 2.75 bits per heavy atom. The molecule has 28 heavy (non-hydrogen) atoms. The Balaban J connectivity index is 1.67. The van der Waals surface area contributed by atoms with Gasteiger partial charge in [-0.25, -0.2) is 4.98 Å². The number of hydrogen-bond donors (Lipinski definition) is 0. The number of aryl methyl sites for hydroxylation is 1. The molecule has 0 aliphatic rings. The zero-order valence-electron chi connectivity index (χ0n) is 16.8. The molecule has 0 spiro atoms. The van der Waals surface area contributed by atoms with E-state index in [-0.39, 0.29) is 11.9 Å². The molecule has 0 unspecified atom stereocenters. The van der Waals surface area contributed by atoms with Crippen LogP contribution in [0.25, 0.3) is 0 Å². The van der Waals surface area contributed by atoms with Crippen LogP contribution in [0.3, 0.4) is 0 Å². The minimum atomic E-state index is 0.0746. The summed E-state index contributed by atoms with van der Waals surface area (Å²) in [5.74, 6) is 0.969. The quantitative estimate of drug-likeness (QED) is 0.465. The molecule has 2 aromatic heterocycles. The maximum absolute atomic E-state index is 12.9. The molecule has 0 bridgehead atoms. The van der Waals surface area contributed by atoms with E-state index in [9.17, 15) is 4.79 Å². The Kier molecular flexibility index (Phi) is 6.86. The predicted molar refractivity (Wildman–Crippen MR) is 116 cm³/mol. The first-order valence-corrected chi connectivity index (χ1v) is 11.2. The number of rotatable bonds is 8. The summed E-state index contributed by atoms with van der Waals surface area (Å²) in [5.41, 5.74) is 3.28. The van der Waals surface area contributed by atoms with Crippen molar-refractivity contribution in [2.24, 2.45) is 0 Å². The summed E-state index contributed by atoms with van der Waals surface area (Å²) in [6.45, 7) is 9.30. The molecule has 0 aliphatic heterocycles. The summed E-state index contributed by atoms with van der Waals surface area (Å²) >= 11 is 3.06. The zero-order chi connectivity index (χ0) is 20.1. The van der Waals surface area contributed by atoms with Gasteiger partial charge in [0.15, 0.2) is 0 Å². The third-order valence-electron chi connectivity index (χ3n) is 4.95. The molecule has 0 saturated heterocycles. The molecule has 1 atom stereocenters. The Labute approximate surface area is 174 Å². The normalized spacial score (nSPS) is 12.0. The molecule has 1 aromatic carbocycles. The Hall–Kier alpha value is -2.18. The lowest BCUT2D eigenvalue weighted by atomic mass is 10.1. The van der Waals surface area contributed by atoms with Crippen LogP contribution in [0.5, 0.6) is 5.75 Å². The van der Waals surface area contributed by atoms with Gasteiger partial charge in [0.2, 0.25) is 0 Å². The van der Waals surface area contributed by atoms with Crippen molar-refractivity contribution in [2.75, 3.05) is 0 Å². The number of carbonyl (C=O) groups is 1. The van der Waals surface area contributed by atoms with Gasteiger partial charge >= 0.3 is 0 Å². The number of amides is 1. The van der Waals surface area contributed by atoms with Crippen LogP contribution in [0.1, 0.15) is 51.8 Å². The van der Waals surface area contributed by atoms with Crippen LogP contribution in [-0.2, 0) is 13.2 Å². The van der Waals surface area contributed by atoms with E-state index in [0.29, 0.717) is 13.2 Å². The van der Waals surface area contributed by atoms with Crippen molar-refractivity contribution in [3.05, 3.63) is 67.8 Å². The highest BCUT2D eigenvalue weighted by Gasteiger charge is 2.22. The molecular formula is C22H26N2O2S2. The molecule has 0 radical (unpaired) electrons. The van der Waals surface area contributed by atoms with E-state index in [1.807, 2.05) is 39.9 Å². The van der Waals surface area contributed by atoms with Crippen LogP contribution in [0.15, 0.2) is 41.1 Å². The first-order chi connectivity index (χ1) is 13.5. The smallest absolute Gasteiger partial charge is 0.264 e. The second-order valence-corrected chi connectivity index (χ2v) is 8.78. The van der Waals surface area contributed by atoms with Gasteiger partial charge in [0, 0.05) is 11.4 Å². The Morgan fingerprint density at radius 2 is 2.04 bits per heavy atom. The molecule has 148 valence electrons. The summed E-state index contributed by atoms with van der Waals surface area (Å²) in [4.78, 5) is 20.3. The van der Waals surface area contributed by atoms with Gasteiger partial charge in [-0.3, -0.25) is 4.79 Å². The van der Waals surface area contributed by atoms with Gasteiger partial charge in [0.05, 0.1) is 17.1 Å². The van der Waals surface area contributed by atoms with Crippen LogP contribution in [0, 0.1) is 13.8 Å². The van der Waals surface area contributed by atoms with E-state index in [1.54, 1.807) is 11.3 Å². The highest BCUT2D eigenvalue weighted by molar-refractivity contribution is 7.12. The van der Waals surface area contributed by atoms with Gasteiger partial charge < -0.3 is 9.64 Å². The average molecular weight is 415 g/mol. The third kappa shape index (κ3) is 4.80. The van der Waals surface area contributed by atoms with Crippen molar-refractivity contribution in [2.45, 2.75) is 53.3 Å². The topological polar surface area (TPSA) is 42.4 Å². The highest BCUT2D eigenvalue weighted by atomic mass is 32.1. The van der Waals surface area contributed by atoms with Gasteiger partial charge in [-0.15, -0.1) is 22.7 Å². The maximum atomic E-state index is 12.9. The predicted octanol–water partition coefficient (Wildman–Crippen LogP) is 5.84. The molecule has 3 aromatic rings. The van der Waals surface area contributed by atoms with E-state index < -0.39 is 0 Å². The molecule has 0 N–H and O–H groups in total. The number of thiophene rings is 1. The summed E-state index contributed by atoms with van der Waals surface area (Å²) in [6, 6.07) is 10.0. The average Bonchev–Trinajstić information content (AvgIpc) is 3.38. The standard InChI is InChI=1S/C22H26N2O2S2/c1-5-16(3)24(22(25)20-10-7-11-27-20)12-18-14-28-21(23-18)13-26-19-9-6-8-15(2)17(19)4/h6-11,14,16H,5,12-13H2,1-4H3/t16-/m0/s1. The Bertz CT molecular complexity index is 919. The number of hydrogen-bond acceptors (Lipinski definition) is 5. The fraction of sp³-hybridized carbons (Fsp3) is 0.364. The van der Waals surface area contributed by atoms with Gasteiger partial charge in [-0.1, -0.05) is 25.1 Å². The van der Waals surface area contributed by atoms with Crippen molar-refractivity contribution in [1.82, 2.24) is 9.88 Å². The number of nitrogens with zero attached hydrogens (tertiary/aromatic N) is 2.